The molecule has 0 aliphatic carbocycles. The molecule has 0 saturated heterocycles. The molecule has 2 rings (SSSR count). The molecule has 0 bridgehead atoms. The molecule has 4 nitrogen and oxygen atoms in total. The van der Waals surface area contributed by atoms with Crippen LogP contribution in [0.15, 0.2) is 29.3 Å². The van der Waals surface area contributed by atoms with E-state index in [-0.39, 0.29) is 24.0 Å². The molecular weight excluding hydrogens is 399 g/mol. The maximum atomic E-state index is 5.93. The van der Waals surface area contributed by atoms with Crippen LogP contribution in [0.2, 0.25) is 0 Å². The van der Waals surface area contributed by atoms with Crippen molar-refractivity contribution in [1.82, 2.24) is 10.2 Å². The number of hydrogen-bond donors (Lipinski definition) is 2. The molecule has 0 amide bonds. The third-order valence-electron chi connectivity index (χ3n) is 4.34. The van der Waals surface area contributed by atoms with E-state index in [1.54, 1.807) is 0 Å². The molecule has 1 heterocycles. The number of nitrogens with two attached hydrogens (primary N) is 1. The van der Waals surface area contributed by atoms with Crippen LogP contribution in [-0.4, -0.2) is 36.5 Å². The highest BCUT2D eigenvalue weighted by Gasteiger charge is 2.19. The van der Waals surface area contributed by atoms with Crippen LogP contribution in [0, 0.1) is 5.92 Å². The third kappa shape index (κ3) is 6.67. The number of benzene rings is 1. The number of fused-ring (bicyclic) bond motifs is 1. The zero-order valence-electron chi connectivity index (χ0n) is 14.6. The van der Waals surface area contributed by atoms with Gasteiger partial charge < -0.3 is 11.1 Å². The molecule has 1 atom stereocenters. The van der Waals surface area contributed by atoms with E-state index in [4.69, 9.17) is 5.73 Å². The number of aliphatic imine (C=N–C) groups is 1. The van der Waals surface area contributed by atoms with Crippen molar-refractivity contribution < 1.29 is 0 Å². The fraction of sp³-hybridized carbons (Fsp3) is 0.611. The zero-order valence-corrected chi connectivity index (χ0v) is 16.9. The lowest BCUT2D eigenvalue weighted by atomic mass is 9.99. The Morgan fingerprint density at radius 1 is 1.26 bits per heavy atom. The molecule has 1 unspecified atom stereocenters. The molecule has 130 valence electrons. The van der Waals surface area contributed by atoms with E-state index >= 15 is 0 Å². The second-order valence-corrected chi connectivity index (χ2v) is 6.67. The molecule has 0 aromatic heterocycles. The normalized spacial score (nSPS) is 16.6. The van der Waals surface area contributed by atoms with Gasteiger partial charge in [0.1, 0.15) is 0 Å². The topological polar surface area (TPSA) is 53.6 Å². The van der Waals surface area contributed by atoms with Gasteiger partial charge in [-0.25, -0.2) is 0 Å². The predicted octanol–water partition coefficient (Wildman–Crippen LogP) is 3.00. The van der Waals surface area contributed by atoms with Gasteiger partial charge in [-0.3, -0.25) is 9.89 Å². The summed E-state index contributed by atoms with van der Waals surface area (Å²) in [5, 5.41) is 3.20. The summed E-state index contributed by atoms with van der Waals surface area (Å²) in [5.74, 6) is 1.26. The van der Waals surface area contributed by atoms with Gasteiger partial charge in [-0.15, -0.1) is 24.0 Å². The van der Waals surface area contributed by atoms with Crippen molar-refractivity contribution in [3.63, 3.8) is 0 Å². The van der Waals surface area contributed by atoms with Gasteiger partial charge in [0.25, 0.3) is 0 Å². The summed E-state index contributed by atoms with van der Waals surface area (Å²) in [5.41, 5.74) is 8.88. The minimum atomic E-state index is 0. The van der Waals surface area contributed by atoms with Crippen LogP contribution in [0.5, 0.6) is 0 Å². The van der Waals surface area contributed by atoms with Crippen LogP contribution >= 0.6 is 24.0 Å². The monoisotopic (exact) mass is 430 g/mol. The Labute approximate surface area is 157 Å². The van der Waals surface area contributed by atoms with E-state index in [1.807, 2.05) is 0 Å². The molecule has 1 aromatic rings. The quantitative estimate of drug-likeness (QED) is 0.415. The second kappa shape index (κ2) is 10.1. The molecule has 0 radical (unpaired) electrons. The van der Waals surface area contributed by atoms with Crippen LogP contribution in [0.4, 0.5) is 0 Å². The molecule has 3 N–H and O–H groups in total. The Kier molecular flexibility index (Phi) is 8.91. The van der Waals surface area contributed by atoms with Crippen molar-refractivity contribution >= 4 is 29.9 Å². The van der Waals surface area contributed by atoms with Gasteiger partial charge in [0, 0.05) is 25.7 Å². The van der Waals surface area contributed by atoms with Crippen molar-refractivity contribution in [3.05, 3.63) is 35.4 Å². The minimum absolute atomic E-state index is 0. The van der Waals surface area contributed by atoms with Gasteiger partial charge in [-0.2, -0.15) is 0 Å². The third-order valence-corrected chi connectivity index (χ3v) is 4.34. The Hall–Kier alpha value is -0.820. The molecule has 0 fully saturated rings. The molecule has 23 heavy (non-hydrogen) atoms. The molecule has 0 spiro atoms. The van der Waals surface area contributed by atoms with E-state index < -0.39 is 0 Å². The number of rotatable bonds is 6. The van der Waals surface area contributed by atoms with Crippen LogP contribution in [0.25, 0.3) is 0 Å². The Morgan fingerprint density at radius 2 is 1.96 bits per heavy atom. The first-order chi connectivity index (χ1) is 10.6. The average molecular weight is 430 g/mol. The predicted molar refractivity (Wildman–Crippen MR) is 109 cm³/mol. The van der Waals surface area contributed by atoms with Crippen molar-refractivity contribution in [2.45, 2.75) is 46.2 Å². The summed E-state index contributed by atoms with van der Waals surface area (Å²) < 4.78 is 0. The largest absolute Gasteiger partial charge is 0.370 e. The van der Waals surface area contributed by atoms with Crippen molar-refractivity contribution in [2.24, 2.45) is 16.6 Å². The van der Waals surface area contributed by atoms with E-state index in [1.165, 1.54) is 11.1 Å². The lowest BCUT2D eigenvalue weighted by Crippen LogP contribution is -2.40. The highest BCUT2D eigenvalue weighted by Crippen LogP contribution is 2.20. The van der Waals surface area contributed by atoms with Crippen LogP contribution in [-0.2, 0) is 13.0 Å². The molecule has 1 aromatic carbocycles. The maximum Gasteiger partial charge on any atom is 0.188 e. The van der Waals surface area contributed by atoms with Crippen molar-refractivity contribution in [2.75, 3.05) is 19.6 Å². The van der Waals surface area contributed by atoms with E-state index in [0.717, 1.165) is 39.0 Å². The van der Waals surface area contributed by atoms with E-state index in [0.29, 0.717) is 17.9 Å². The van der Waals surface area contributed by atoms with Crippen LogP contribution in [0.1, 0.15) is 38.3 Å². The molecule has 1 aliphatic rings. The van der Waals surface area contributed by atoms with Gasteiger partial charge in [-0.05, 0) is 36.8 Å². The van der Waals surface area contributed by atoms with Crippen LogP contribution in [0.3, 0.4) is 0 Å². The molecule has 0 saturated carbocycles. The Balaban J connectivity index is 0.00000264. The zero-order chi connectivity index (χ0) is 15.9. The number of guanidine groups is 1. The number of halogens is 1. The minimum Gasteiger partial charge on any atom is -0.370 e. The van der Waals surface area contributed by atoms with Crippen LogP contribution < -0.4 is 11.1 Å². The first-order valence-corrected chi connectivity index (χ1v) is 8.41. The number of hydrogen-bond acceptors (Lipinski definition) is 2. The SMILES string of the molecule is CC(C)CCNC(N)=NCC(C)N1CCc2ccccc2C1.I. The lowest BCUT2D eigenvalue weighted by molar-refractivity contribution is 0.195. The summed E-state index contributed by atoms with van der Waals surface area (Å²) in [6.07, 6.45) is 2.25. The van der Waals surface area contributed by atoms with Crippen molar-refractivity contribution in [1.29, 1.82) is 0 Å². The smallest absolute Gasteiger partial charge is 0.188 e. The summed E-state index contributed by atoms with van der Waals surface area (Å²) in [6, 6.07) is 9.15. The molecular formula is C18H31IN4. The summed E-state index contributed by atoms with van der Waals surface area (Å²) in [4.78, 5) is 6.99. The fourth-order valence-electron chi connectivity index (χ4n) is 2.78. The van der Waals surface area contributed by atoms with E-state index in [2.05, 4.69) is 60.2 Å². The Bertz CT molecular complexity index is 502. The number of nitrogens with one attached hydrogen (secondary N) is 1. The molecule has 1 aliphatic heterocycles. The van der Waals surface area contributed by atoms with Gasteiger partial charge in [0.05, 0.1) is 6.54 Å². The summed E-state index contributed by atoms with van der Waals surface area (Å²) in [7, 11) is 0. The fourth-order valence-corrected chi connectivity index (χ4v) is 2.78. The highest BCUT2D eigenvalue weighted by atomic mass is 127. The highest BCUT2D eigenvalue weighted by molar-refractivity contribution is 14.0. The van der Waals surface area contributed by atoms with Gasteiger partial charge >= 0.3 is 0 Å². The van der Waals surface area contributed by atoms with Gasteiger partial charge in [-0.1, -0.05) is 38.1 Å². The number of nitrogens with zero attached hydrogens (tertiary/aromatic N) is 2. The van der Waals surface area contributed by atoms with Gasteiger partial charge in [0.2, 0.25) is 0 Å². The Morgan fingerprint density at radius 3 is 2.65 bits per heavy atom. The standard InChI is InChI=1S/C18H30N4.HI/c1-14(2)8-10-20-18(19)21-12-15(3)22-11-9-16-6-4-5-7-17(16)13-22;/h4-7,14-15H,8-13H2,1-3H3,(H3,19,20,21);1H. The first kappa shape index (κ1) is 20.2. The maximum absolute atomic E-state index is 5.93. The molecule has 5 heteroatoms. The van der Waals surface area contributed by atoms with Crippen molar-refractivity contribution in [3.8, 4) is 0 Å². The average Bonchev–Trinajstić information content (AvgIpc) is 2.51. The lowest BCUT2D eigenvalue weighted by Gasteiger charge is -2.33. The summed E-state index contributed by atoms with van der Waals surface area (Å²) in [6.45, 7) is 10.4. The first-order valence-electron chi connectivity index (χ1n) is 8.41. The van der Waals surface area contributed by atoms with Gasteiger partial charge in [0.15, 0.2) is 5.96 Å². The summed E-state index contributed by atoms with van der Waals surface area (Å²) >= 11 is 0. The van der Waals surface area contributed by atoms with E-state index in [9.17, 15) is 0 Å². The second-order valence-electron chi connectivity index (χ2n) is 6.67.